The molecule has 9 heteroatoms. The molecular formula is C29H31N7O2. The molecule has 0 N–H and O–H groups in total. The van der Waals surface area contributed by atoms with E-state index in [1.54, 1.807) is 24.9 Å². The molecule has 0 bridgehead atoms. The molecule has 38 heavy (non-hydrogen) atoms. The summed E-state index contributed by atoms with van der Waals surface area (Å²) in [7, 11) is 0. The lowest BCUT2D eigenvalue weighted by Crippen LogP contribution is -2.55. The van der Waals surface area contributed by atoms with Crippen molar-refractivity contribution in [3.05, 3.63) is 84.1 Å². The number of carbonyl (C=O) groups excluding carboxylic acids is 2. The summed E-state index contributed by atoms with van der Waals surface area (Å²) in [4.78, 5) is 45.5. The molecule has 0 radical (unpaired) electrons. The molecule has 2 aliphatic rings. The number of piperazine rings is 1. The van der Waals surface area contributed by atoms with E-state index in [4.69, 9.17) is 0 Å². The average Bonchev–Trinajstić information content (AvgIpc) is 3.35. The first kappa shape index (κ1) is 24.1. The number of carbonyl (C=O) groups is 2. The van der Waals surface area contributed by atoms with Crippen LogP contribution in [-0.2, 0) is 35.5 Å². The van der Waals surface area contributed by atoms with E-state index < -0.39 is 0 Å². The number of imidazole rings is 1. The van der Waals surface area contributed by atoms with Crippen molar-refractivity contribution in [3.8, 4) is 0 Å². The maximum atomic E-state index is 13.2. The van der Waals surface area contributed by atoms with Crippen LogP contribution in [0, 0.1) is 0 Å². The molecule has 9 nitrogen and oxygen atoms in total. The first-order valence-corrected chi connectivity index (χ1v) is 13.1. The van der Waals surface area contributed by atoms with Crippen molar-refractivity contribution < 1.29 is 9.59 Å². The topological polar surface area (TPSA) is 87.5 Å². The number of rotatable bonds is 5. The molecule has 0 aliphatic carbocycles. The Morgan fingerprint density at radius 1 is 0.974 bits per heavy atom. The van der Waals surface area contributed by atoms with Gasteiger partial charge in [0.2, 0.25) is 11.8 Å². The van der Waals surface area contributed by atoms with E-state index in [9.17, 15) is 9.59 Å². The number of aromatic nitrogens is 4. The van der Waals surface area contributed by atoms with E-state index in [1.165, 1.54) is 16.8 Å². The molecule has 2 amide bonds. The Morgan fingerprint density at radius 3 is 2.71 bits per heavy atom. The number of benzene rings is 1. The Bertz CT molecular complexity index is 1470. The molecule has 1 saturated heterocycles. The highest BCUT2D eigenvalue weighted by Crippen LogP contribution is 2.31. The van der Waals surface area contributed by atoms with Gasteiger partial charge in [-0.25, -0.2) is 9.97 Å². The van der Waals surface area contributed by atoms with Gasteiger partial charge in [0.25, 0.3) is 0 Å². The Balaban J connectivity index is 1.13. The van der Waals surface area contributed by atoms with Crippen LogP contribution < -0.4 is 4.90 Å². The van der Waals surface area contributed by atoms with E-state index in [1.807, 2.05) is 38.6 Å². The van der Waals surface area contributed by atoms with Gasteiger partial charge < -0.3 is 19.3 Å². The molecule has 0 unspecified atom stereocenters. The Morgan fingerprint density at radius 2 is 1.87 bits per heavy atom. The quantitative estimate of drug-likeness (QED) is 0.411. The second-order valence-corrected chi connectivity index (χ2v) is 10.1. The number of nitrogens with zero attached hydrogens (tertiary/aromatic N) is 7. The Hall–Kier alpha value is -4.27. The summed E-state index contributed by atoms with van der Waals surface area (Å²) in [5.41, 5.74) is 6.15. The summed E-state index contributed by atoms with van der Waals surface area (Å²) in [5.74, 6) is 0.202. The molecule has 194 valence electrons. The number of hydrogen-bond acceptors (Lipinski definition) is 6. The van der Waals surface area contributed by atoms with Gasteiger partial charge in [0, 0.05) is 63.0 Å². The van der Waals surface area contributed by atoms with Crippen molar-refractivity contribution in [3.63, 3.8) is 0 Å². The van der Waals surface area contributed by atoms with Gasteiger partial charge >= 0.3 is 0 Å². The van der Waals surface area contributed by atoms with Crippen molar-refractivity contribution in [2.24, 2.45) is 0 Å². The largest absolute Gasteiger partial charge is 0.367 e. The van der Waals surface area contributed by atoms with Gasteiger partial charge in [0.1, 0.15) is 12.1 Å². The second kappa shape index (κ2) is 10.2. The van der Waals surface area contributed by atoms with Gasteiger partial charge in [0.05, 0.1) is 12.7 Å². The Labute approximate surface area is 221 Å². The van der Waals surface area contributed by atoms with Crippen LogP contribution in [0.25, 0.3) is 11.2 Å². The molecule has 2 aliphatic heterocycles. The van der Waals surface area contributed by atoms with Gasteiger partial charge in [-0.05, 0) is 54.3 Å². The van der Waals surface area contributed by atoms with Gasteiger partial charge in [-0.1, -0.05) is 18.2 Å². The van der Waals surface area contributed by atoms with Crippen LogP contribution in [0.4, 0.5) is 5.69 Å². The average molecular weight is 510 g/mol. The summed E-state index contributed by atoms with van der Waals surface area (Å²) >= 11 is 0. The smallest absolute Gasteiger partial charge is 0.242 e. The SMILES string of the molecule is C[C@@H]1CN(c2cccc3c2CN(C(=O)Cc2cccnc2)CC3)CCN1C(=O)Cn1cnc2cccnc21. The number of fused-ring (bicyclic) bond motifs is 2. The Kier molecular flexibility index (Phi) is 6.49. The highest BCUT2D eigenvalue weighted by Gasteiger charge is 2.31. The minimum atomic E-state index is 0.0572. The third-order valence-electron chi connectivity index (χ3n) is 7.65. The molecule has 0 spiro atoms. The zero-order chi connectivity index (χ0) is 26.1. The third kappa shape index (κ3) is 4.71. The first-order valence-electron chi connectivity index (χ1n) is 13.1. The molecule has 4 aromatic rings. The molecule has 5 heterocycles. The molecule has 1 atom stereocenters. The maximum absolute atomic E-state index is 13.2. The van der Waals surface area contributed by atoms with Gasteiger partial charge in [0.15, 0.2) is 5.65 Å². The van der Waals surface area contributed by atoms with E-state index in [-0.39, 0.29) is 24.4 Å². The fourth-order valence-corrected chi connectivity index (χ4v) is 5.66. The normalized spacial score (nSPS) is 17.5. The van der Waals surface area contributed by atoms with E-state index >= 15 is 0 Å². The lowest BCUT2D eigenvalue weighted by Gasteiger charge is -2.42. The number of amides is 2. The summed E-state index contributed by atoms with van der Waals surface area (Å²) in [6.45, 7) is 5.81. The van der Waals surface area contributed by atoms with E-state index in [2.05, 4.69) is 45.0 Å². The van der Waals surface area contributed by atoms with Gasteiger partial charge in [-0.2, -0.15) is 0 Å². The number of anilines is 1. The lowest BCUT2D eigenvalue weighted by molar-refractivity contribution is -0.134. The summed E-state index contributed by atoms with van der Waals surface area (Å²) in [6.07, 6.45) is 8.11. The monoisotopic (exact) mass is 509 g/mol. The van der Waals surface area contributed by atoms with Crippen molar-refractivity contribution >= 4 is 28.7 Å². The summed E-state index contributed by atoms with van der Waals surface area (Å²) < 4.78 is 1.82. The van der Waals surface area contributed by atoms with Crippen LogP contribution in [0.5, 0.6) is 0 Å². The number of hydrogen-bond donors (Lipinski definition) is 0. The first-order chi connectivity index (χ1) is 18.6. The molecule has 1 aromatic carbocycles. The highest BCUT2D eigenvalue weighted by molar-refractivity contribution is 5.80. The zero-order valence-electron chi connectivity index (χ0n) is 21.5. The standard InChI is InChI=1S/C29H31N7O2/c1-21-17-33(13-14-36(21)28(38)19-35-20-32-25-7-4-11-31-29(25)35)26-8-2-6-23-9-12-34(18-24(23)26)27(37)15-22-5-3-10-30-16-22/h2-8,10-11,16,20-21H,9,12-15,17-19H2,1H3/t21-/m1/s1. The highest BCUT2D eigenvalue weighted by atomic mass is 16.2. The minimum Gasteiger partial charge on any atom is -0.367 e. The zero-order valence-corrected chi connectivity index (χ0v) is 21.5. The molecular weight excluding hydrogens is 478 g/mol. The molecule has 1 fully saturated rings. The van der Waals surface area contributed by atoms with Crippen LogP contribution in [0.2, 0.25) is 0 Å². The lowest BCUT2D eigenvalue weighted by atomic mass is 9.96. The van der Waals surface area contributed by atoms with E-state index in [0.717, 1.165) is 42.8 Å². The van der Waals surface area contributed by atoms with Gasteiger partial charge in [-0.3, -0.25) is 14.6 Å². The van der Waals surface area contributed by atoms with Crippen molar-refractivity contribution in [2.75, 3.05) is 31.1 Å². The number of pyridine rings is 2. The fourth-order valence-electron chi connectivity index (χ4n) is 5.66. The van der Waals surface area contributed by atoms with Crippen molar-refractivity contribution in [2.45, 2.75) is 38.9 Å². The van der Waals surface area contributed by atoms with Crippen LogP contribution in [0.1, 0.15) is 23.6 Å². The molecule has 3 aromatic heterocycles. The van der Waals surface area contributed by atoms with E-state index in [0.29, 0.717) is 19.5 Å². The van der Waals surface area contributed by atoms with Crippen LogP contribution >= 0.6 is 0 Å². The van der Waals surface area contributed by atoms with Crippen molar-refractivity contribution in [1.82, 2.24) is 29.3 Å². The van der Waals surface area contributed by atoms with Crippen LogP contribution in [0.3, 0.4) is 0 Å². The fraction of sp³-hybridized carbons (Fsp3) is 0.345. The maximum Gasteiger partial charge on any atom is 0.242 e. The van der Waals surface area contributed by atoms with Crippen LogP contribution in [-0.4, -0.2) is 73.4 Å². The van der Waals surface area contributed by atoms with Gasteiger partial charge in [-0.15, -0.1) is 0 Å². The van der Waals surface area contributed by atoms with Crippen molar-refractivity contribution in [1.29, 1.82) is 0 Å². The van der Waals surface area contributed by atoms with Crippen LogP contribution in [0.15, 0.2) is 67.4 Å². The summed E-state index contributed by atoms with van der Waals surface area (Å²) in [5, 5.41) is 0. The molecule has 0 saturated carbocycles. The molecule has 6 rings (SSSR count). The predicted octanol–water partition coefficient (Wildman–Crippen LogP) is 2.69. The minimum absolute atomic E-state index is 0.0572. The predicted molar refractivity (Wildman–Crippen MR) is 144 cm³/mol. The second-order valence-electron chi connectivity index (χ2n) is 10.1. The summed E-state index contributed by atoms with van der Waals surface area (Å²) in [6, 6.07) is 14.1. The third-order valence-corrected chi connectivity index (χ3v) is 7.65.